The number of carbonyl (C=O) groups excluding carboxylic acids is 6. The molecule has 0 spiro atoms. The third kappa shape index (κ3) is 17.1. The molecule has 41 heteroatoms. The number of aryl methyl sites for hydroxylation is 1. The monoisotopic (exact) mass is 1570 g/mol. The van der Waals surface area contributed by atoms with E-state index >= 15 is 0 Å². The predicted molar refractivity (Wildman–Crippen MR) is 321 cm³/mol. The van der Waals surface area contributed by atoms with Crippen LogP contribution in [-0.2, 0) is 54.9 Å². The molecule has 2 radical (unpaired) electrons. The number of rotatable bonds is 21. The van der Waals surface area contributed by atoms with Crippen molar-refractivity contribution in [1.82, 2.24) is 65.9 Å². The molecule has 10 rings (SSSR count). The molecule has 10 N–H and O–H groups in total. The number of aliphatic carboxylic acids is 3. The van der Waals surface area contributed by atoms with E-state index in [1.807, 2.05) is 0 Å². The van der Waals surface area contributed by atoms with E-state index in [1.165, 1.54) is 105 Å². The summed E-state index contributed by atoms with van der Waals surface area (Å²) >= 11 is 7.29. The number of carbonyl (C=O) groups is 9. The van der Waals surface area contributed by atoms with E-state index in [4.69, 9.17) is 10.5 Å². The standard InChI is InChI=1S/C18H18N6O5S2.C17H17N3O6S2.C13H13F3N6O4S3.Pb.2H/c19-12(8-1-3-10(25)4-2-8)15(26)21-13-16(27)24-14(18(28)29)9(7-31-17(13)24)6-30-11-5-20-23-22-11;1-9(21)26-6-10-7-28-16-13(15(23)20(16)14(10)17(24)25)19-12(22)8-27-11-2-4-18-5-3-11;1-21-12(18-19-20-21)28-3-5-2-27-10-7(9(24)22(10)8(5)11(25)26)17-6(23)4-29-13(14,15)16;;;/h1-5,12-13,17,25H,6-7,19H2,(H,21,26)(H,28,29)(H,20,22,23);2-5,13,16H,6-8H2,1H3,(H,19,22)(H,24,25);7,10H,2-4H2,1H3,(H,17,23)(H,25,26);;;/t12-,13-,17-;13-,16-;7-,10-;;;/m111.../s1. The Morgan fingerprint density at radius 3 is 1.82 bits per heavy atom. The molecule has 0 bridgehead atoms. The number of amides is 5. The van der Waals surface area contributed by atoms with Crippen LogP contribution in [0.3, 0.4) is 0 Å². The molecule has 0 unspecified atom stereocenters. The Morgan fingerprint density at radius 2 is 1.30 bits per heavy atom. The van der Waals surface area contributed by atoms with E-state index in [9.17, 15) is 81.9 Å². The van der Waals surface area contributed by atoms with Gasteiger partial charge in [0.2, 0.25) is 22.9 Å². The topological polar surface area (TPSA) is 434 Å². The molecule has 9 heterocycles. The molecule has 30 nitrogen and oxygen atoms in total. The second-order valence-corrected chi connectivity index (χ2v) is 25.9. The van der Waals surface area contributed by atoms with Gasteiger partial charge in [0.1, 0.15) is 68.7 Å². The second-order valence-electron chi connectivity index (χ2n) is 18.6. The third-order valence-corrected chi connectivity index (χ3v) is 20.6. The fraction of sp³-hybridized carbons (Fsp3) is 0.375. The molecule has 4 aromatic rings. The molecule has 3 fully saturated rings. The molecule has 3 aromatic heterocycles. The van der Waals surface area contributed by atoms with Crippen molar-refractivity contribution >= 4 is 169 Å². The minimum atomic E-state index is -4.56. The zero-order chi connectivity index (χ0) is 63.7. The molecule has 89 heavy (non-hydrogen) atoms. The van der Waals surface area contributed by atoms with Crippen molar-refractivity contribution in [2.24, 2.45) is 17.8 Å². The van der Waals surface area contributed by atoms with Crippen LogP contribution in [0.1, 0.15) is 18.5 Å². The maximum absolute atomic E-state index is 12.7. The van der Waals surface area contributed by atoms with Crippen molar-refractivity contribution in [1.29, 1.82) is 0 Å². The molecular weight excluding hydrogens is 1520 g/mol. The molecule has 6 aliphatic rings. The van der Waals surface area contributed by atoms with Gasteiger partial charge in [-0.15, -0.1) is 69.0 Å². The zero-order valence-electron chi connectivity index (χ0n) is 45.9. The number of aromatic amines is 1. The molecule has 0 saturated carbocycles. The number of tetrazole rings is 1. The number of H-pyrrole nitrogens is 1. The second kappa shape index (κ2) is 31.0. The number of aromatic hydroxyl groups is 1. The third-order valence-electron chi connectivity index (χ3n) is 12.7. The Labute approximate surface area is 550 Å². The first-order chi connectivity index (χ1) is 41.8. The molecule has 6 aliphatic heterocycles. The first-order valence-corrected chi connectivity index (χ1v) is 32.2. The van der Waals surface area contributed by atoms with Crippen molar-refractivity contribution in [3.05, 3.63) is 94.4 Å². The fourth-order valence-corrected chi connectivity index (χ4v) is 15.7. The van der Waals surface area contributed by atoms with Gasteiger partial charge in [-0.2, -0.15) is 13.2 Å². The normalized spacial score (nSPS) is 21.3. The van der Waals surface area contributed by atoms with Crippen LogP contribution in [-0.4, -0.2) is 254 Å². The number of carboxylic acids is 3. The number of thioether (sulfide) groups is 7. The van der Waals surface area contributed by atoms with Crippen molar-refractivity contribution in [2.75, 3.05) is 46.9 Å². The number of phenolic OH excluding ortho intramolecular Hbond substituents is 1. The van der Waals surface area contributed by atoms with Crippen molar-refractivity contribution in [3.63, 3.8) is 0 Å². The van der Waals surface area contributed by atoms with Crippen molar-refractivity contribution in [2.45, 2.75) is 67.8 Å². The van der Waals surface area contributed by atoms with Gasteiger partial charge in [-0.1, -0.05) is 29.1 Å². The maximum atomic E-state index is 12.7. The summed E-state index contributed by atoms with van der Waals surface area (Å²) in [5.74, 6) is -6.76. The number of alkyl halides is 3. The van der Waals surface area contributed by atoms with Gasteiger partial charge in [-0.05, 0) is 63.2 Å². The van der Waals surface area contributed by atoms with Gasteiger partial charge >= 0.3 is 56.7 Å². The van der Waals surface area contributed by atoms with E-state index in [0.717, 1.165) is 14.7 Å². The van der Waals surface area contributed by atoms with Crippen LogP contribution in [0, 0.1) is 0 Å². The Kier molecular flexibility index (Phi) is 24.3. The van der Waals surface area contributed by atoms with Crippen LogP contribution in [0.15, 0.2) is 109 Å². The number of aliphatic hydroxyl groups excluding tert-OH is 1. The first kappa shape index (κ1) is 69.9. The number of aliphatic hydroxyl groups is 1. The molecular formula is C48H50F3N15O15PbS7. The van der Waals surface area contributed by atoms with Gasteiger partial charge in [0.25, 0.3) is 17.7 Å². The summed E-state index contributed by atoms with van der Waals surface area (Å²) in [4.78, 5) is 120. The number of aromatic nitrogens is 8. The Morgan fingerprint density at radius 1 is 0.775 bits per heavy atom. The number of carboxylic acid groups (broad SMARTS) is 3. The number of esters is 1. The summed E-state index contributed by atoms with van der Waals surface area (Å²) in [5.41, 5.74) is 2.99. The van der Waals surface area contributed by atoms with Crippen molar-refractivity contribution < 1.29 is 86.6 Å². The number of ether oxygens (including phenoxy) is 1. The average molecular weight is 1570 g/mol. The van der Waals surface area contributed by atoms with E-state index < -0.39 is 117 Å². The van der Waals surface area contributed by atoms with E-state index in [2.05, 4.69) is 51.5 Å². The van der Waals surface area contributed by atoms with Crippen LogP contribution in [0.5, 0.6) is 5.75 Å². The van der Waals surface area contributed by atoms with Gasteiger partial charge in [0, 0.05) is 65.6 Å². The minimum absolute atomic E-state index is 0. The summed E-state index contributed by atoms with van der Waals surface area (Å²) in [7, 11) is 1.63. The van der Waals surface area contributed by atoms with Gasteiger partial charge < -0.3 is 46.6 Å². The van der Waals surface area contributed by atoms with Crippen LogP contribution in [0.25, 0.3) is 0 Å². The van der Waals surface area contributed by atoms with Crippen LogP contribution in [0.2, 0.25) is 0 Å². The van der Waals surface area contributed by atoms with Crippen molar-refractivity contribution in [3.8, 4) is 5.75 Å². The first-order valence-electron chi connectivity index (χ1n) is 25.1. The number of hydrogen-bond acceptors (Lipinski definition) is 26. The van der Waals surface area contributed by atoms with Gasteiger partial charge in [0.15, 0.2) is 6.04 Å². The summed E-state index contributed by atoms with van der Waals surface area (Å²) in [6, 6.07) is 5.76. The van der Waals surface area contributed by atoms with Crippen LogP contribution >= 0.6 is 82.3 Å². The number of fused-ring (bicyclic) bond motifs is 3. The number of pyridine rings is 1. The average Bonchev–Trinajstić information content (AvgIpc) is 0.965. The summed E-state index contributed by atoms with van der Waals surface area (Å²) < 4.78 is 42.9. The van der Waals surface area contributed by atoms with Gasteiger partial charge in [-0.25, -0.2) is 24.1 Å². The van der Waals surface area contributed by atoms with Gasteiger partial charge in [0.05, 0.1) is 17.7 Å². The van der Waals surface area contributed by atoms with E-state index in [0.29, 0.717) is 49.7 Å². The van der Waals surface area contributed by atoms with E-state index in [-0.39, 0.29) is 79.9 Å². The zero-order valence-corrected chi connectivity index (χ0v) is 57.1. The molecule has 5 amide bonds. The van der Waals surface area contributed by atoms with E-state index in [1.54, 1.807) is 43.7 Å². The Bertz CT molecular complexity index is 3500. The quantitative estimate of drug-likeness (QED) is 0.0139. The summed E-state index contributed by atoms with van der Waals surface area (Å²) in [6.45, 7) is 1.05. The number of nitrogens with zero attached hydrogens (tertiary/aromatic N) is 11. The number of phenols is 1. The summed E-state index contributed by atoms with van der Waals surface area (Å²) in [6.07, 6.45) is 4.78. The Hall–Kier alpha value is -6.58. The Balaban J connectivity index is 0.000000189. The van der Waals surface area contributed by atoms with Crippen LogP contribution < -0.4 is 16.4 Å². The fourth-order valence-electron chi connectivity index (χ4n) is 8.67. The number of aliphatic imine (C=N–C) groups is 1. The molecule has 0 aliphatic carbocycles. The number of nitrogens with two attached hydrogens (primary N) is 1. The molecule has 3 saturated heterocycles. The number of β-lactam (4-membered cyclic amide) rings is 3. The number of halogens is 3. The summed E-state index contributed by atoms with van der Waals surface area (Å²) in [5, 5.41) is 73.8. The number of benzene rings is 1. The SMILES string of the molecule is CC(=O)OCC1=C(C(=O)O)N2C(=O)[C@@H](NC(=O)CSc3ccncc3)[C@H]2SC1.Cn1nnnc1SCC1=C(C(=O)O)N2C(=O)[C@@H](NC(=O)CSC(F)(F)F)[C@H]2SC1.N[C@@H](C(O)=N[C@@H]1C(=O)N2C(C(=O)O)=C(CSc3cnn[nH]3)CS[C@H]12)c1ccc(O)cc1.[PbH2]. The molecule has 7 atom stereocenters. The van der Waals surface area contributed by atoms with Crippen LogP contribution in [0.4, 0.5) is 13.2 Å². The number of nitrogens with one attached hydrogen (secondary N) is 3. The van der Waals surface area contributed by atoms with Gasteiger partial charge in [-0.3, -0.25) is 53.5 Å². The molecule has 474 valence electrons. The predicted octanol–water partition coefficient (Wildman–Crippen LogP) is 0.734. The number of hydrogen-bond donors (Lipinski definition) is 9. The molecule has 1 aromatic carbocycles.